The van der Waals surface area contributed by atoms with Gasteiger partial charge in [-0.25, -0.2) is 16.8 Å². The summed E-state index contributed by atoms with van der Waals surface area (Å²) in [6.45, 7) is 0. The Morgan fingerprint density at radius 2 is 1.47 bits per heavy atom. The molecule has 2 aromatic carbocycles. The molecule has 4 nitrogen and oxygen atoms in total. The van der Waals surface area contributed by atoms with Crippen LogP contribution in [0, 0.1) is 0 Å². The highest BCUT2D eigenvalue weighted by molar-refractivity contribution is 8.14. The number of fused-ring (bicyclic) bond motifs is 1. The van der Waals surface area contributed by atoms with Crippen LogP contribution in [-0.2, 0) is 18.1 Å². The van der Waals surface area contributed by atoms with Crippen molar-refractivity contribution in [2.75, 3.05) is 0 Å². The largest absolute Gasteiger partial charge is 0.261 e. The molecule has 0 N–H and O–H groups in total. The van der Waals surface area contributed by atoms with Gasteiger partial charge in [0.15, 0.2) is 0 Å². The number of benzene rings is 2. The topological polar surface area (TPSA) is 68.3 Å². The molecular weight excluding hydrogens is 355 g/mol. The molecule has 0 aliphatic rings. The van der Waals surface area contributed by atoms with E-state index in [4.69, 9.17) is 33.0 Å². The van der Waals surface area contributed by atoms with Gasteiger partial charge in [0.1, 0.15) is 0 Å². The number of hydrogen-bond acceptors (Lipinski definition) is 4. The lowest BCUT2D eigenvalue weighted by Gasteiger charge is -2.06. The fraction of sp³-hybridized carbons (Fsp3) is 0. The maximum atomic E-state index is 11.5. The molecule has 0 saturated carbocycles. The van der Waals surface area contributed by atoms with Gasteiger partial charge >= 0.3 is 0 Å². The highest BCUT2D eigenvalue weighted by Gasteiger charge is 2.20. The van der Waals surface area contributed by atoms with Gasteiger partial charge in [0.25, 0.3) is 18.1 Å². The summed E-state index contributed by atoms with van der Waals surface area (Å²) in [6.07, 6.45) is 0. The van der Waals surface area contributed by atoms with Gasteiger partial charge in [0.05, 0.1) is 9.79 Å². The van der Waals surface area contributed by atoms with Crippen LogP contribution in [0.1, 0.15) is 0 Å². The van der Waals surface area contributed by atoms with Crippen LogP contribution in [0.3, 0.4) is 0 Å². The fourth-order valence-corrected chi connectivity index (χ4v) is 3.74. The van der Waals surface area contributed by atoms with Crippen LogP contribution in [0.5, 0.6) is 0 Å². The molecule has 0 spiro atoms. The van der Waals surface area contributed by atoms with E-state index in [-0.39, 0.29) is 15.2 Å². The Morgan fingerprint density at radius 1 is 0.842 bits per heavy atom. The van der Waals surface area contributed by atoms with Crippen molar-refractivity contribution < 1.29 is 16.8 Å². The van der Waals surface area contributed by atoms with Crippen LogP contribution in [0.25, 0.3) is 10.8 Å². The molecule has 19 heavy (non-hydrogen) atoms. The van der Waals surface area contributed by atoms with E-state index in [1.165, 1.54) is 24.3 Å². The van der Waals surface area contributed by atoms with Crippen molar-refractivity contribution in [1.82, 2.24) is 0 Å². The second-order valence-electron chi connectivity index (χ2n) is 3.66. The maximum absolute atomic E-state index is 11.5. The maximum Gasteiger partial charge on any atom is 0.261 e. The average molecular weight is 360 g/mol. The summed E-state index contributed by atoms with van der Waals surface area (Å²) in [6, 6.07) is 6.52. The minimum Gasteiger partial charge on any atom is -0.207 e. The molecular formula is C10H5Cl3O4S2. The van der Waals surface area contributed by atoms with Gasteiger partial charge in [-0.15, -0.1) is 0 Å². The third-order valence-electron chi connectivity index (χ3n) is 2.40. The minimum absolute atomic E-state index is 0.228. The molecule has 102 valence electrons. The Hall–Kier alpha value is -0.530. The summed E-state index contributed by atoms with van der Waals surface area (Å²) in [5.74, 6) is 0. The van der Waals surface area contributed by atoms with Crippen molar-refractivity contribution in [3.05, 3.63) is 35.4 Å². The first kappa shape index (κ1) is 14.9. The van der Waals surface area contributed by atoms with Gasteiger partial charge < -0.3 is 0 Å². The number of rotatable bonds is 2. The quantitative estimate of drug-likeness (QED) is 0.771. The summed E-state index contributed by atoms with van der Waals surface area (Å²) in [4.78, 5) is -0.698. The predicted molar refractivity (Wildman–Crippen MR) is 75.0 cm³/mol. The highest BCUT2D eigenvalue weighted by atomic mass is 35.7. The molecule has 0 aromatic heterocycles. The fourth-order valence-electron chi connectivity index (χ4n) is 1.61. The van der Waals surface area contributed by atoms with Gasteiger partial charge in [-0.1, -0.05) is 17.7 Å². The zero-order valence-electron chi connectivity index (χ0n) is 8.97. The highest BCUT2D eigenvalue weighted by Crippen LogP contribution is 2.32. The van der Waals surface area contributed by atoms with Crippen molar-refractivity contribution in [3.63, 3.8) is 0 Å². The molecule has 2 rings (SSSR count). The van der Waals surface area contributed by atoms with Crippen molar-refractivity contribution in [1.29, 1.82) is 0 Å². The van der Waals surface area contributed by atoms with Crippen LogP contribution in [0.4, 0.5) is 0 Å². The minimum atomic E-state index is -4.14. The SMILES string of the molecule is O=S(=O)(Cl)c1cc(S(=O)(=O)Cl)c2cc(Cl)ccc2c1. The first-order valence-corrected chi connectivity index (χ1v) is 9.71. The van der Waals surface area contributed by atoms with E-state index in [1.807, 2.05) is 0 Å². The lowest BCUT2D eigenvalue weighted by atomic mass is 10.1. The van der Waals surface area contributed by atoms with E-state index >= 15 is 0 Å². The smallest absolute Gasteiger partial charge is 0.207 e. The molecule has 0 amide bonds. The third kappa shape index (κ3) is 3.14. The Morgan fingerprint density at radius 3 is 2.00 bits per heavy atom. The molecule has 0 radical (unpaired) electrons. The molecule has 0 unspecified atom stereocenters. The molecule has 9 heteroatoms. The van der Waals surface area contributed by atoms with Crippen molar-refractivity contribution >= 4 is 61.8 Å². The van der Waals surface area contributed by atoms with E-state index in [9.17, 15) is 16.8 Å². The third-order valence-corrected chi connectivity index (χ3v) is 5.33. The molecule has 0 atom stereocenters. The molecule has 0 heterocycles. The zero-order chi connectivity index (χ0) is 14.4. The summed E-state index contributed by atoms with van der Waals surface area (Å²) in [7, 11) is 2.31. The first-order chi connectivity index (χ1) is 8.59. The Balaban J connectivity index is 3.01. The Kier molecular flexibility index (Phi) is 3.75. The molecule has 0 aliphatic heterocycles. The predicted octanol–water partition coefficient (Wildman–Crippen LogP) is 3.35. The van der Waals surface area contributed by atoms with Crippen molar-refractivity contribution in [2.24, 2.45) is 0 Å². The molecule has 0 aliphatic carbocycles. The summed E-state index contributed by atoms with van der Waals surface area (Å²) in [5.41, 5.74) is 0. The van der Waals surface area contributed by atoms with E-state index in [2.05, 4.69) is 0 Å². The van der Waals surface area contributed by atoms with E-state index in [1.54, 1.807) is 0 Å². The summed E-state index contributed by atoms with van der Waals surface area (Å²) in [5, 5.41) is 0.882. The van der Waals surface area contributed by atoms with Gasteiger partial charge in [-0.05, 0) is 29.7 Å². The summed E-state index contributed by atoms with van der Waals surface area (Å²) >= 11 is 5.79. The Bertz CT molecular complexity index is 873. The van der Waals surface area contributed by atoms with Gasteiger partial charge in [-0.2, -0.15) is 0 Å². The lowest BCUT2D eigenvalue weighted by molar-refractivity contribution is 0.608. The standard InChI is InChI=1S/C10H5Cl3O4S2/c11-7-2-1-6-3-8(18(12,14)15)5-10(9(6)4-7)19(13,16)17/h1-5H. The van der Waals surface area contributed by atoms with Crippen LogP contribution in [0.2, 0.25) is 5.02 Å². The molecule has 0 fully saturated rings. The van der Waals surface area contributed by atoms with Crippen molar-refractivity contribution in [2.45, 2.75) is 9.79 Å². The number of halogens is 3. The van der Waals surface area contributed by atoms with Crippen molar-refractivity contribution in [3.8, 4) is 0 Å². The summed E-state index contributed by atoms with van der Waals surface area (Å²) < 4.78 is 45.7. The van der Waals surface area contributed by atoms with E-state index in [0.29, 0.717) is 10.4 Å². The van der Waals surface area contributed by atoms with Crippen LogP contribution in [0.15, 0.2) is 40.1 Å². The Labute approximate surface area is 123 Å². The second kappa shape index (κ2) is 4.79. The lowest BCUT2D eigenvalue weighted by Crippen LogP contribution is -1.98. The van der Waals surface area contributed by atoms with E-state index < -0.39 is 18.1 Å². The molecule has 2 aromatic rings. The normalized spacial score (nSPS) is 12.8. The molecule has 0 saturated heterocycles. The van der Waals surface area contributed by atoms with E-state index in [0.717, 1.165) is 6.07 Å². The first-order valence-electron chi connectivity index (χ1n) is 4.72. The van der Waals surface area contributed by atoms with Crippen LogP contribution >= 0.6 is 33.0 Å². The van der Waals surface area contributed by atoms with Crippen LogP contribution < -0.4 is 0 Å². The molecule has 0 bridgehead atoms. The monoisotopic (exact) mass is 358 g/mol. The zero-order valence-corrected chi connectivity index (χ0v) is 12.9. The van der Waals surface area contributed by atoms with Crippen LogP contribution in [-0.4, -0.2) is 16.8 Å². The second-order valence-corrected chi connectivity index (χ2v) is 9.20. The van der Waals surface area contributed by atoms with Gasteiger partial charge in [0, 0.05) is 31.8 Å². The average Bonchev–Trinajstić information content (AvgIpc) is 2.24. The number of hydrogen-bond donors (Lipinski definition) is 0. The van der Waals surface area contributed by atoms with Gasteiger partial charge in [0.2, 0.25) is 0 Å². The van der Waals surface area contributed by atoms with Gasteiger partial charge in [-0.3, -0.25) is 0 Å².